The zero-order valence-electron chi connectivity index (χ0n) is 13.1. The van der Waals surface area contributed by atoms with Crippen molar-refractivity contribution < 1.29 is 5.11 Å². The highest BCUT2D eigenvalue weighted by molar-refractivity contribution is 6.31. The summed E-state index contributed by atoms with van der Waals surface area (Å²) in [7, 11) is 0. The van der Waals surface area contributed by atoms with E-state index in [1.165, 1.54) is 5.56 Å². The first-order valence-corrected chi connectivity index (χ1v) is 8.05. The SMILES string of the molecule is CCc1cc(-c2[nH]c3ccc(Cl)cc3c2C)cc(CC)c1O. The van der Waals surface area contributed by atoms with E-state index in [2.05, 4.69) is 37.9 Å². The predicted molar refractivity (Wildman–Crippen MR) is 93.9 cm³/mol. The Hall–Kier alpha value is -1.93. The lowest BCUT2D eigenvalue weighted by molar-refractivity contribution is 0.462. The van der Waals surface area contributed by atoms with Gasteiger partial charge in [0.05, 0.1) is 0 Å². The molecule has 0 unspecified atom stereocenters. The number of halogens is 1. The van der Waals surface area contributed by atoms with Gasteiger partial charge < -0.3 is 10.1 Å². The molecule has 0 saturated carbocycles. The predicted octanol–water partition coefficient (Wildman–Crippen LogP) is 5.63. The number of aromatic hydroxyl groups is 1. The number of aryl methyl sites for hydroxylation is 3. The number of H-pyrrole nitrogens is 1. The van der Waals surface area contributed by atoms with Crippen molar-refractivity contribution in [3.8, 4) is 17.0 Å². The van der Waals surface area contributed by atoms with Crippen LogP contribution in [0.1, 0.15) is 30.5 Å². The second-order valence-electron chi connectivity index (χ2n) is 5.67. The van der Waals surface area contributed by atoms with Gasteiger partial charge in [0.15, 0.2) is 0 Å². The van der Waals surface area contributed by atoms with E-state index in [1.807, 2.05) is 18.2 Å². The van der Waals surface area contributed by atoms with Crippen LogP contribution in [-0.4, -0.2) is 10.1 Å². The molecule has 0 radical (unpaired) electrons. The van der Waals surface area contributed by atoms with Crippen LogP contribution in [0.25, 0.3) is 22.2 Å². The molecule has 3 rings (SSSR count). The zero-order chi connectivity index (χ0) is 15.9. The molecule has 2 nitrogen and oxygen atoms in total. The minimum Gasteiger partial charge on any atom is -0.507 e. The molecule has 0 spiro atoms. The van der Waals surface area contributed by atoms with Gasteiger partial charge in [-0.05, 0) is 72.4 Å². The van der Waals surface area contributed by atoms with E-state index in [1.54, 1.807) is 0 Å². The zero-order valence-corrected chi connectivity index (χ0v) is 13.9. The van der Waals surface area contributed by atoms with Gasteiger partial charge in [0.25, 0.3) is 0 Å². The molecule has 0 atom stereocenters. The van der Waals surface area contributed by atoms with Crippen LogP contribution in [0.4, 0.5) is 0 Å². The van der Waals surface area contributed by atoms with Crippen LogP contribution in [0, 0.1) is 6.92 Å². The Morgan fingerprint density at radius 2 is 1.68 bits per heavy atom. The number of hydrogen-bond donors (Lipinski definition) is 2. The molecule has 0 bridgehead atoms. The highest BCUT2D eigenvalue weighted by Gasteiger charge is 2.14. The van der Waals surface area contributed by atoms with Crippen molar-refractivity contribution in [1.29, 1.82) is 0 Å². The maximum Gasteiger partial charge on any atom is 0.121 e. The van der Waals surface area contributed by atoms with Gasteiger partial charge in [0.2, 0.25) is 0 Å². The highest BCUT2D eigenvalue weighted by Crippen LogP contribution is 2.35. The molecule has 0 fully saturated rings. The van der Waals surface area contributed by atoms with Gasteiger partial charge in [0, 0.05) is 21.6 Å². The van der Waals surface area contributed by atoms with Crippen molar-refractivity contribution in [2.75, 3.05) is 0 Å². The Labute approximate surface area is 135 Å². The van der Waals surface area contributed by atoms with Crippen LogP contribution in [-0.2, 0) is 12.8 Å². The molecule has 0 aliphatic heterocycles. The molecule has 3 heteroatoms. The molecule has 1 aromatic heterocycles. The third kappa shape index (κ3) is 2.38. The molecule has 22 heavy (non-hydrogen) atoms. The normalized spacial score (nSPS) is 11.3. The summed E-state index contributed by atoms with van der Waals surface area (Å²) in [6, 6.07) is 10.1. The van der Waals surface area contributed by atoms with Gasteiger partial charge in [-0.2, -0.15) is 0 Å². The first-order chi connectivity index (χ1) is 10.5. The summed E-state index contributed by atoms with van der Waals surface area (Å²) in [6.07, 6.45) is 1.63. The van der Waals surface area contributed by atoms with Crippen LogP contribution in [0.2, 0.25) is 5.02 Å². The van der Waals surface area contributed by atoms with Gasteiger partial charge in [-0.15, -0.1) is 0 Å². The van der Waals surface area contributed by atoms with Crippen LogP contribution in [0.5, 0.6) is 5.75 Å². The monoisotopic (exact) mass is 313 g/mol. The van der Waals surface area contributed by atoms with Crippen LogP contribution < -0.4 is 0 Å². The average molecular weight is 314 g/mol. The molecule has 2 aromatic carbocycles. The van der Waals surface area contributed by atoms with Gasteiger partial charge in [0.1, 0.15) is 5.75 Å². The number of nitrogens with one attached hydrogen (secondary N) is 1. The topological polar surface area (TPSA) is 36.0 Å². The van der Waals surface area contributed by atoms with E-state index in [9.17, 15) is 5.11 Å². The molecule has 3 aromatic rings. The molecular formula is C19H20ClNO. The molecule has 1 heterocycles. The first-order valence-electron chi connectivity index (χ1n) is 7.68. The van der Waals surface area contributed by atoms with Gasteiger partial charge >= 0.3 is 0 Å². The second-order valence-corrected chi connectivity index (χ2v) is 6.10. The number of aromatic nitrogens is 1. The van der Waals surface area contributed by atoms with Crippen molar-refractivity contribution in [1.82, 2.24) is 4.98 Å². The second kappa shape index (κ2) is 5.69. The number of phenolic OH excluding ortho intramolecular Hbond substituents is 1. The third-order valence-electron chi connectivity index (χ3n) is 4.34. The van der Waals surface area contributed by atoms with Crippen LogP contribution in [0.15, 0.2) is 30.3 Å². The van der Waals surface area contributed by atoms with Crippen molar-refractivity contribution in [2.45, 2.75) is 33.6 Å². The molecule has 0 saturated heterocycles. The number of fused-ring (bicyclic) bond motifs is 1. The Bertz CT molecular complexity index is 823. The molecular weight excluding hydrogens is 294 g/mol. The van der Waals surface area contributed by atoms with Crippen LogP contribution >= 0.6 is 11.6 Å². The maximum atomic E-state index is 10.3. The van der Waals surface area contributed by atoms with Crippen molar-refractivity contribution in [3.63, 3.8) is 0 Å². The number of hydrogen-bond acceptors (Lipinski definition) is 1. The fourth-order valence-corrected chi connectivity index (χ4v) is 3.20. The summed E-state index contributed by atoms with van der Waals surface area (Å²) >= 11 is 6.12. The quantitative estimate of drug-likeness (QED) is 0.646. The highest BCUT2D eigenvalue weighted by atomic mass is 35.5. The van der Waals surface area contributed by atoms with Crippen molar-refractivity contribution in [3.05, 3.63) is 52.0 Å². The fraction of sp³-hybridized carbons (Fsp3) is 0.263. The number of rotatable bonds is 3. The largest absolute Gasteiger partial charge is 0.507 e. The Balaban J connectivity index is 2.25. The number of benzene rings is 2. The summed E-state index contributed by atoms with van der Waals surface area (Å²) in [5, 5.41) is 12.2. The Morgan fingerprint density at radius 1 is 1.05 bits per heavy atom. The van der Waals surface area contributed by atoms with E-state index in [-0.39, 0.29) is 0 Å². The van der Waals surface area contributed by atoms with Crippen molar-refractivity contribution in [2.24, 2.45) is 0 Å². The lowest BCUT2D eigenvalue weighted by atomic mass is 9.97. The maximum absolute atomic E-state index is 10.3. The summed E-state index contributed by atoms with van der Waals surface area (Å²) in [4.78, 5) is 3.49. The third-order valence-corrected chi connectivity index (χ3v) is 4.57. The van der Waals surface area contributed by atoms with Gasteiger partial charge in [-0.3, -0.25) is 0 Å². The Kier molecular flexibility index (Phi) is 3.88. The fourth-order valence-electron chi connectivity index (χ4n) is 3.03. The molecule has 2 N–H and O–H groups in total. The van der Waals surface area contributed by atoms with E-state index < -0.39 is 0 Å². The molecule has 0 aliphatic carbocycles. The lowest BCUT2D eigenvalue weighted by Gasteiger charge is -2.11. The molecule has 0 amide bonds. The minimum atomic E-state index is 0.436. The summed E-state index contributed by atoms with van der Waals surface area (Å²) < 4.78 is 0. The van der Waals surface area contributed by atoms with Crippen LogP contribution in [0.3, 0.4) is 0 Å². The standard InChI is InChI=1S/C19H20ClNO/c1-4-12-8-14(9-13(5-2)19(12)22)18-11(3)16-10-15(20)6-7-17(16)21-18/h6-10,21-22H,4-5H2,1-3H3. The summed E-state index contributed by atoms with van der Waals surface area (Å²) in [6.45, 7) is 6.24. The average Bonchev–Trinajstić information content (AvgIpc) is 2.84. The van der Waals surface area contributed by atoms with Crippen molar-refractivity contribution >= 4 is 22.5 Å². The number of aromatic amines is 1. The Morgan fingerprint density at radius 3 is 2.27 bits per heavy atom. The smallest absolute Gasteiger partial charge is 0.121 e. The van der Waals surface area contributed by atoms with E-state index in [0.717, 1.165) is 51.2 Å². The van der Waals surface area contributed by atoms with Gasteiger partial charge in [-0.1, -0.05) is 25.4 Å². The lowest BCUT2D eigenvalue weighted by Crippen LogP contribution is -1.92. The summed E-state index contributed by atoms with van der Waals surface area (Å²) in [5.41, 5.74) is 6.47. The van der Waals surface area contributed by atoms with Gasteiger partial charge in [-0.25, -0.2) is 0 Å². The molecule has 114 valence electrons. The van der Waals surface area contributed by atoms with E-state index in [0.29, 0.717) is 5.75 Å². The minimum absolute atomic E-state index is 0.436. The molecule has 0 aliphatic rings. The van der Waals surface area contributed by atoms with E-state index in [4.69, 9.17) is 11.6 Å². The summed E-state index contributed by atoms with van der Waals surface area (Å²) in [5.74, 6) is 0.436. The first kappa shape index (κ1) is 15.0. The number of phenols is 1. The van der Waals surface area contributed by atoms with E-state index >= 15 is 0 Å².